The van der Waals surface area contributed by atoms with Gasteiger partial charge >= 0.3 is 5.97 Å². The van der Waals surface area contributed by atoms with Crippen LogP contribution in [0.25, 0.3) is 0 Å². The molecule has 15 heteroatoms. The van der Waals surface area contributed by atoms with E-state index in [1.807, 2.05) is 56.3 Å². The maximum atomic E-state index is 14.2. The van der Waals surface area contributed by atoms with Crippen LogP contribution in [0.5, 0.6) is 28.7 Å². The zero-order valence-electron chi connectivity index (χ0n) is 34.2. The molecule has 8 rings (SSSR count). The number of hydrogen-bond donors (Lipinski definition) is 2. The van der Waals surface area contributed by atoms with Crippen LogP contribution in [0.4, 0.5) is 0 Å². The van der Waals surface area contributed by atoms with Gasteiger partial charge in [-0.2, -0.15) is 0 Å². The predicted molar refractivity (Wildman–Crippen MR) is 229 cm³/mol. The Balaban J connectivity index is 0.978. The molecule has 6 aromatic rings. The van der Waals surface area contributed by atoms with E-state index in [9.17, 15) is 19.5 Å². The van der Waals surface area contributed by atoms with Crippen LogP contribution in [0.2, 0.25) is 10.0 Å². The van der Waals surface area contributed by atoms with Crippen molar-refractivity contribution in [3.8, 4) is 28.7 Å². The molecule has 4 heterocycles. The van der Waals surface area contributed by atoms with Gasteiger partial charge < -0.3 is 38.7 Å². The number of halogens is 2. The first kappa shape index (κ1) is 42.1. The summed E-state index contributed by atoms with van der Waals surface area (Å²) in [5.41, 5.74) is 5.74. The van der Waals surface area contributed by atoms with Gasteiger partial charge in [0.25, 0.3) is 5.91 Å². The Morgan fingerprint density at radius 3 is 2.32 bits per heavy atom. The summed E-state index contributed by atoms with van der Waals surface area (Å²) >= 11 is 12.2. The summed E-state index contributed by atoms with van der Waals surface area (Å²) in [5.74, 6) is 1.10. The lowest BCUT2D eigenvalue weighted by atomic mass is 9.91. The monoisotopic (exact) mass is 876 g/mol. The van der Waals surface area contributed by atoms with Gasteiger partial charge in [0.05, 0.1) is 10.0 Å². The second kappa shape index (κ2) is 17.8. The number of amides is 2. The smallest absolute Gasteiger partial charge is 0.326 e. The number of carboxylic acids is 1. The summed E-state index contributed by atoms with van der Waals surface area (Å²) < 4.78 is 30.2. The molecule has 2 aliphatic rings. The number of hydrogen-bond acceptors (Lipinski definition) is 10. The van der Waals surface area contributed by atoms with Crippen molar-refractivity contribution >= 4 is 41.0 Å². The minimum atomic E-state index is -1.30. The van der Waals surface area contributed by atoms with Gasteiger partial charge in [0.1, 0.15) is 48.3 Å². The quantitative estimate of drug-likeness (QED) is 0.121. The van der Waals surface area contributed by atoms with Crippen LogP contribution in [0.15, 0.2) is 95.5 Å². The largest absolute Gasteiger partial charge is 0.489 e. The average molecular weight is 878 g/mol. The molecule has 0 radical (unpaired) electrons. The zero-order chi connectivity index (χ0) is 43.7. The van der Waals surface area contributed by atoms with Gasteiger partial charge in [0, 0.05) is 43.8 Å². The average Bonchev–Trinajstić information content (AvgIpc) is 3.61. The van der Waals surface area contributed by atoms with E-state index in [2.05, 4.69) is 15.3 Å². The van der Waals surface area contributed by atoms with Gasteiger partial charge in [-0.3, -0.25) is 14.6 Å². The molecular weight excluding hydrogens is 835 g/mol. The molecule has 0 spiro atoms. The highest BCUT2D eigenvalue weighted by atomic mass is 35.5. The third kappa shape index (κ3) is 9.19. The van der Waals surface area contributed by atoms with Crippen molar-refractivity contribution in [2.75, 3.05) is 6.61 Å². The molecule has 0 saturated carbocycles. The van der Waals surface area contributed by atoms with Gasteiger partial charge in [0.15, 0.2) is 29.2 Å². The minimum absolute atomic E-state index is 0.0120. The lowest BCUT2D eigenvalue weighted by Crippen LogP contribution is -2.56. The van der Waals surface area contributed by atoms with Crippen molar-refractivity contribution in [2.45, 2.75) is 71.9 Å². The SMILES string of the molecule is Cc1nc(C(=O)N2Cc3cc4c(cc3C[C@H]2C(=O)N[C@@H](Cc2ccc(Oc3ccnc(C)c3C)cc2)C(=O)O)OC[C@H](c2ccc(OCc3ccc(Cl)c(Cl)c3)cc2)O4)c(C)o1. The number of carbonyl (C=O) groups excluding carboxylic acids is 2. The lowest BCUT2D eigenvalue weighted by Gasteiger charge is -2.37. The molecule has 0 fully saturated rings. The first-order chi connectivity index (χ1) is 29.8. The third-order valence-electron chi connectivity index (χ3n) is 11.0. The Morgan fingerprint density at radius 1 is 0.887 bits per heavy atom. The molecule has 2 N–H and O–H groups in total. The van der Waals surface area contributed by atoms with Crippen molar-refractivity contribution in [1.29, 1.82) is 0 Å². The van der Waals surface area contributed by atoms with Crippen LogP contribution in [0.1, 0.15) is 67.3 Å². The number of aromatic nitrogens is 2. The van der Waals surface area contributed by atoms with Gasteiger partial charge in [-0.05, 0) is 103 Å². The highest BCUT2D eigenvalue weighted by Crippen LogP contribution is 2.41. The number of aryl methyl sites for hydroxylation is 3. The van der Waals surface area contributed by atoms with Crippen LogP contribution in [-0.4, -0.2) is 56.4 Å². The van der Waals surface area contributed by atoms with Crippen molar-refractivity contribution in [3.63, 3.8) is 0 Å². The summed E-state index contributed by atoms with van der Waals surface area (Å²) in [7, 11) is 0. The molecule has 2 amide bonds. The Hall–Kier alpha value is -6.57. The van der Waals surface area contributed by atoms with Gasteiger partial charge in [-0.25, -0.2) is 9.78 Å². The molecule has 0 unspecified atom stereocenters. The first-order valence-electron chi connectivity index (χ1n) is 19.9. The van der Waals surface area contributed by atoms with E-state index in [4.69, 9.17) is 46.6 Å². The number of oxazole rings is 1. The van der Waals surface area contributed by atoms with Crippen LogP contribution in [0.3, 0.4) is 0 Å². The van der Waals surface area contributed by atoms with Gasteiger partial charge in [-0.15, -0.1) is 0 Å². The number of pyridine rings is 1. The molecule has 3 atom stereocenters. The maximum Gasteiger partial charge on any atom is 0.326 e. The molecule has 318 valence electrons. The Labute approximate surface area is 367 Å². The number of carboxylic acid groups (broad SMARTS) is 1. The number of ether oxygens (including phenoxy) is 4. The summed E-state index contributed by atoms with van der Waals surface area (Å²) in [5, 5.41) is 13.9. The van der Waals surface area contributed by atoms with E-state index in [1.54, 1.807) is 62.5 Å². The maximum absolute atomic E-state index is 14.2. The fraction of sp³-hybridized carbons (Fsp3) is 0.255. The topological polar surface area (TPSA) is 163 Å². The highest BCUT2D eigenvalue weighted by Gasteiger charge is 2.39. The fourth-order valence-electron chi connectivity index (χ4n) is 7.45. The highest BCUT2D eigenvalue weighted by molar-refractivity contribution is 6.42. The summed E-state index contributed by atoms with van der Waals surface area (Å²) in [4.78, 5) is 51.0. The first-order valence-corrected chi connectivity index (χ1v) is 20.6. The van der Waals surface area contributed by atoms with Crippen LogP contribution < -0.4 is 24.3 Å². The standard InChI is InChI=1S/C47H42Cl2N4O9/c1-25-26(2)50-16-15-40(25)61-35-10-5-29(6-11-35)18-38(47(56)57)52-45(54)39-19-32-20-41-42(21-33(32)22-53(39)46(55)44-27(3)60-28(4)51-44)62-43(24-59-41)31-8-12-34(13-9-31)58-23-30-7-14-36(48)37(49)17-30/h5-17,20-21,38-39,43H,18-19,22-24H2,1-4H3,(H,52,54)(H,56,57)/t38-,39-,43+/m0/s1. The third-order valence-corrected chi connectivity index (χ3v) is 11.7. The Bertz CT molecular complexity index is 2670. The summed E-state index contributed by atoms with van der Waals surface area (Å²) in [6.45, 7) is 7.64. The molecule has 13 nitrogen and oxygen atoms in total. The molecule has 0 saturated heterocycles. The number of aliphatic carboxylic acids is 1. The molecule has 2 aliphatic heterocycles. The Morgan fingerprint density at radius 2 is 1.61 bits per heavy atom. The van der Waals surface area contributed by atoms with Gasteiger partial charge in [0.2, 0.25) is 5.91 Å². The number of carbonyl (C=O) groups is 3. The van der Waals surface area contributed by atoms with Crippen molar-refractivity contribution in [1.82, 2.24) is 20.2 Å². The number of fused-ring (bicyclic) bond motifs is 2. The number of benzene rings is 4. The minimum Gasteiger partial charge on any atom is -0.489 e. The van der Waals surface area contributed by atoms with E-state index in [-0.39, 0.29) is 31.7 Å². The normalized spacial score (nSPS) is 15.9. The van der Waals surface area contributed by atoms with E-state index < -0.39 is 36.0 Å². The van der Waals surface area contributed by atoms with E-state index in [0.29, 0.717) is 62.6 Å². The molecule has 2 aromatic heterocycles. The molecule has 4 aromatic carbocycles. The second-order valence-corrected chi connectivity index (χ2v) is 16.1. The summed E-state index contributed by atoms with van der Waals surface area (Å²) in [6, 6.07) is 22.9. The molecule has 0 aliphatic carbocycles. The molecule has 0 bridgehead atoms. The fourth-order valence-corrected chi connectivity index (χ4v) is 7.77. The Kier molecular flexibility index (Phi) is 12.1. The van der Waals surface area contributed by atoms with E-state index in [0.717, 1.165) is 33.5 Å². The molecular formula is C47H42Cl2N4O9. The van der Waals surface area contributed by atoms with Gasteiger partial charge in [-0.1, -0.05) is 53.5 Å². The van der Waals surface area contributed by atoms with E-state index in [1.165, 1.54) is 4.90 Å². The van der Waals surface area contributed by atoms with E-state index >= 15 is 0 Å². The zero-order valence-corrected chi connectivity index (χ0v) is 35.8. The van der Waals surface area contributed by atoms with Crippen LogP contribution >= 0.6 is 23.2 Å². The number of nitrogens with zero attached hydrogens (tertiary/aromatic N) is 3. The molecule has 62 heavy (non-hydrogen) atoms. The van der Waals surface area contributed by atoms with Crippen molar-refractivity contribution in [2.24, 2.45) is 0 Å². The number of rotatable bonds is 12. The lowest BCUT2D eigenvalue weighted by molar-refractivity contribution is -0.142. The van der Waals surface area contributed by atoms with Crippen molar-refractivity contribution < 1.29 is 42.9 Å². The summed E-state index contributed by atoms with van der Waals surface area (Å²) in [6.07, 6.45) is 1.31. The van der Waals surface area contributed by atoms with Crippen LogP contribution in [0, 0.1) is 27.7 Å². The van der Waals surface area contributed by atoms with Crippen molar-refractivity contribution in [3.05, 3.63) is 158 Å². The van der Waals surface area contributed by atoms with Crippen LogP contribution in [-0.2, 0) is 35.6 Å². The predicted octanol–water partition coefficient (Wildman–Crippen LogP) is 8.87. The number of nitrogens with one attached hydrogen (secondary N) is 1. The second-order valence-electron chi connectivity index (χ2n) is 15.3.